The molecule has 9 heteroatoms. The maximum atomic E-state index is 12.5. The summed E-state index contributed by atoms with van der Waals surface area (Å²) in [4.78, 5) is 30.6. The minimum absolute atomic E-state index is 0.0491. The van der Waals surface area contributed by atoms with Gasteiger partial charge in [-0.05, 0) is 18.2 Å². The summed E-state index contributed by atoms with van der Waals surface area (Å²) >= 11 is 0. The molecule has 0 bridgehead atoms. The van der Waals surface area contributed by atoms with Gasteiger partial charge in [-0.15, -0.1) is 0 Å². The Morgan fingerprint density at radius 2 is 1.71 bits per heavy atom. The van der Waals surface area contributed by atoms with Crippen molar-refractivity contribution in [3.8, 4) is 22.8 Å². The van der Waals surface area contributed by atoms with E-state index in [1.807, 2.05) is 30.3 Å². The molecule has 0 aliphatic carbocycles. The van der Waals surface area contributed by atoms with Crippen molar-refractivity contribution in [2.75, 3.05) is 32.5 Å². The van der Waals surface area contributed by atoms with E-state index in [4.69, 9.17) is 18.7 Å². The zero-order valence-corrected chi connectivity index (χ0v) is 16.9. The number of hydrogen-bond donors (Lipinski definition) is 0. The first kappa shape index (κ1) is 20.3. The van der Waals surface area contributed by atoms with Crippen LogP contribution in [0.5, 0.6) is 0 Å². The predicted molar refractivity (Wildman–Crippen MR) is 110 cm³/mol. The largest absolute Gasteiger partial charge is 0.466 e. The summed E-state index contributed by atoms with van der Waals surface area (Å²) < 4.78 is 20.6. The number of benzene rings is 2. The molecule has 0 saturated carbocycles. The summed E-state index contributed by atoms with van der Waals surface area (Å²) in [6.07, 6.45) is 0. The molecule has 0 radical (unpaired) electrons. The number of hydrogen-bond acceptors (Lipinski definition) is 9. The molecule has 0 saturated heterocycles. The molecular formula is C22H19N3O6. The van der Waals surface area contributed by atoms with Gasteiger partial charge in [0.15, 0.2) is 0 Å². The quantitative estimate of drug-likeness (QED) is 0.575. The topological polar surface area (TPSA) is 104 Å². The Kier molecular flexibility index (Phi) is 5.76. The average Bonchev–Trinajstić information content (AvgIpc) is 3.33. The van der Waals surface area contributed by atoms with Gasteiger partial charge in [-0.3, -0.25) is 0 Å². The predicted octanol–water partition coefficient (Wildman–Crippen LogP) is 2.80. The standard InChI is InChI=1S/C22H19N3O6/c1-28-21(26)17-12-30-13-25(18(17)22(27)29-2)16-10-6-9-15(11-16)20-23-19(24-31-20)14-7-4-3-5-8-14/h3-11H,12-13H2,1-2H3. The van der Waals surface area contributed by atoms with Crippen molar-refractivity contribution >= 4 is 17.6 Å². The summed E-state index contributed by atoms with van der Waals surface area (Å²) in [7, 11) is 2.49. The van der Waals surface area contributed by atoms with Crippen molar-refractivity contribution < 1.29 is 28.3 Å². The Morgan fingerprint density at radius 3 is 2.45 bits per heavy atom. The summed E-state index contributed by atoms with van der Waals surface area (Å²) in [6, 6.07) is 16.6. The number of rotatable bonds is 5. The van der Waals surface area contributed by atoms with Crippen LogP contribution in [0.15, 0.2) is 70.4 Å². The van der Waals surface area contributed by atoms with Crippen molar-refractivity contribution in [1.29, 1.82) is 0 Å². The third-order valence-corrected chi connectivity index (χ3v) is 4.70. The van der Waals surface area contributed by atoms with Crippen LogP contribution in [-0.4, -0.2) is 49.6 Å². The van der Waals surface area contributed by atoms with Crippen LogP contribution in [0.25, 0.3) is 22.8 Å². The number of methoxy groups -OCH3 is 2. The highest BCUT2D eigenvalue weighted by atomic mass is 16.5. The Hall–Kier alpha value is -3.98. The van der Waals surface area contributed by atoms with Gasteiger partial charge in [0.05, 0.1) is 26.4 Å². The van der Waals surface area contributed by atoms with E-state index < -0.39 is 11.9 Å². The van der Waals surface area contributed by atoms with Gasteiger partial charge >= 0.3 is 11.9 Å². The zero-order valence-electron chi connectivity index (χ0n) is 16.9. The van der Waals surface area contributed by atoms with Crippen LogP contribution in [-0.2, 0) is 23.8 Å². The van der Waals surface area contributed by atoms with E-state index in [1.54, 1.807) is 29.2 Å². The Labute approximate surface area is 177 Å². The molecule has 4 rings (SSSR count). The lowest BCUT2D eigenvalue weighted by Gasteiger charge is -2.31. The maximum Gasteiger partial charge on any atom is 0.355 e. The molecule has 2 aromatic carbocycles. The zero-order chi connectivity index (χ0) is 21.8. The van der Waals surface area contributed by atoms with Crippen LogP contribution in [0.2, 0.25) is 0 Å². The van der Waals surface area contributed by atoms with Crippen LogP contribution < -0.4 is 4.90 Å². The highest BCUT2D eigenvalue weighted by Gasteiger charge is 2.32. The van der Waals surface area contributed by atoms with E-state index in [1.165, 1.54) is 14.2 Å². The number of ether oxygens (including phenoxy) is 3. The van der Waals surface area contributed by atoms with Gasteiger partial charge in [-0.25, -0.2) is 9.59 Å². The minimum Gasteiger partial charge on any atom is -0.466 e. The first-order valence-corrected chi connectivity index (χ1v) is 9.37. The molecule has 3 aromatic rings. The van der Waals surface area contributed by atoms with E-state index in [0.29, 0.717) is 23.0 Å². The molecule has 1 aliphatic rings. The van der Waals surface area contributed by atoms with E-state index >= 15 is 0 Å². The average molecular weight is 421 g/mol. The normalized spacial score (nSPS) is 13.8. The Morgan fingerprint density at radius 1 is 0.968 bits per heavy atom. The van der Waals surface area contributed by atoms with Crippen LogP contribution in [0, 0.1) is 0 Å². The molecule has 0 fully saturated rings. The third kappa shape index (κ3) is 4.03. The molecule has 0 unspecified atom stereocenters. The van der Waals surface area contributed by atoms with Crippen molar-refractivity contribution in [2.24, 2.45) is 0 Å². The lowest BCUT2D eigenvalue weighted by molar-refractivity contribution is -0.140. The number of carbonyl (C=O) groups excluding carboxylic acids is 2. The van der Waals surface area contributed by atoms with Gasteiger partial charge in [0.2, 0.25) is 5.82 Å². The lowest BCUT2D eigenvalue weighted by atomic mass is 10.1. The van der Waals surface area contributed by atoms with Crippen molar-refractivity contribution in [3.05, 3.63) is 65.9 Å². The summed E-state index contributed by atoms with van der Waals surface area (Å²) in [5, 5.41) is 4.04. The van der Waals surface area contributed by atoms with Crippen molar-refractivity contribution in [1.82, 2.24) is 10.1 Å². The number of nitrogens with zero attached hydrogens (tertiary/aromatic N) is 3. The van der Waals surface area contributed by atoms with E-state index in [-0.39, 0.29) is 24.6 Å². The van der Waals surface area contributed by atoms with Crippen LogP contribution >= 0.6 is 0 Å². The van der Waals surface area contributed by atoms with Gasteiger partial charge in [-0.2, -0.15) is 4.98 Å². The molecule has 2 heterocycles. The molecule has 0 spiro atoms. The highest BCUT2D eigenvalue weighted by Crippen LogP contribution is 2.30. The monoisotopic (exact) mass is 421 g/mol. The summed E-state index contributed by atoms with van der Waals surface area (Å²) in [5.74, 6) is -0.551. The number of carbonyl (C=O) groups is 2. The van der Waals surface area contributed by atoms with Gasteiger partial charge in [0.1, 0.15) is 12.4 Å². The lowest BCUT2D eigenvalue weighted by Crippen LogP contribution is -2.38. The smallest absolute Gasteiger partial charge is 0.355 e. The second-order valence-electron chi connectivity index (χ2n) is 6.56. The first-order valence-electron chi connectivity index (χ1n) is 9.37. The molecule has 31 heavy (non-hydrogen) atoms. The molecule has 0 atom stereocenters. The van der Waals surface area contributed by atoms with E-state index in [0.717, 1.165) is 5.56 Å². The molecule has 9 nitrogen and oxygen atoms in total. The molecule has 1 aliphatic heterocycles. The third-order valence-electron chi connectivity index (χ3n) is 4.70. The van der Waals surface area contributed by atoms with Gasteiger partial charge in [0, 0.05) is 16.8 Å². The minimum atomic E-state index is -0.668. The second kappa shape index (κ2) is 8.80. The van der Waals surface area contributed by atoms with Gasteiger partial charge in [-0.1, -0.05) is 41.6 Å². The van der Waals surface area contributed by atoms with Gasteiger partial charge in [0.25, 0.3) is 5.89 Å². The van der Waals surface area contributed by atoms with Crippen LogP contribution in [0.1, 0.15) is 0 Å². The Balaban J connectivity index is 1.71. The fraction of sp³-hybridized carbons (Fsp3) is 0.182. The van der Waals surface area contributed by atoms with Gasteiger partial charge < -0.3 is 23.6 Å². The maximum absolute atomic E-state index is 12.5. The van der Waals surface area contributed by atoms with Crippen molar-refractivity contribution in [2.45, 2.75) is 0 Å². The van der Waals surface area contributed by atoms with Crippen LogP contribution in [0.4, 0.5) is 5.69 Å². The first-order chi connectivity index (χ1) is 15.1. The van der Waals surface area contributed by atoms with Crippen molar-refractivity contribution in [3.63, 3.8) is 0 Å². The number of esters is 2. The highest BCUT2D eigenvalue weighted by molar-refractivity contribution is 6.03. The fourth-order valence-corrected chi connectivity index (χ4v) is 3.20. The van der Waals surface area contributed by atoms with Crippen LogP contribution in [0.3, 0.4) is 0 Å². The number of aromatic nitrogens is 2. The summed E-state index contributed by atoms with van der Waals surface area (Å²) in [6.45, 7) is -0.00906. The summed E-state index contributed by atoms with van der Waals surface area (Å²) in [5.41, 5.74) is 2.19. The second-order valence-corrected chi connectivity index (χ2v) is 6.56. The number of anilines is 1. The fourth-order valence-electron chi connectivity index (χ4n) is 3.20. The Bertz CT molecular complexity index is 1140. The molecule has 0 amide bonds. The molecule has 1 aromatic heterocycles. The van der Waals surface area contributed by atoms with E-state index in [2.05, 4.69) is 10.1 Å². The molecule has 0 N–H and O–H groups in total. The molecular weight excluding hydrogens is 402 g/mol. The molecule has 158 valence electrons. The SMILES string of the molecule is COC(=O)C1=C(C(=O)OC)N(c2cccc(-c3nc(-c4ccccc4)no3)c2)COC1. The van der Waals surface area contributed by atoms with E-state index in [9.17, 15) is 9.59 Å².